The van der Waals surface area contributed by atoms with E-state index in [2.05, 4.69) is 6.58 Å². The van der Waals surface area contributed by atoms with Gasteiger partial charge in [-0.05, 0) is 47.2 Å². The molecular weight excluding hydrogens is 292 g/mol. The van der Waals surface area contributed by atoms with Crippen LogP contribution in [0, 0.1) is 0 Å². The summed E-state index contributed by atoms with van der Waals surface area (Å²) in [6.07, 6.45) is 5.25. The second kappa shape index (κ2) is 5.85. The number of rotatable bonds is 4. The molecule has 4 nitrogen and oxygen atoms in total. The zero-order valence-electron chi connectivity index (χ0n) is 12.2. The summed E-state index contributed by atoms with van der Waals surface area (Å²) < 4.78 is 5.72. The maximum Gasteiger partial charge on any atom is 0.339 e. The van der Waals surface area contributed by atoms with Gasteiger partial charge in [0.1, 0.15) is 22.8 Å². The van der Waals surface area contributed by atoms with Crippen molar-refractivity contribution in [3.8, 4) is 17.1 Å². The highest BCUT2D eigenvalue weighted by atomic mass is 16.4. The molecule has 0 atom stereocenters. The van der Waals surface area contributed by atoms with Gasteiger partial charge >= 0.3 is 5.97 Å². The van der Waals surface area contributed by atoms with Crippen LogP contribution in [0.4, 0.5) is 0 Å². The molecule has 0 unspecified atom stereocenters. The van der Waals surface area contributed by atoms with Crippen molar-refractivity contribution in [3.05, 3.63) is 72.5 Å². The molecule has 0 spiro atoms. The monoisotopic (exact) mass is 306 g/mol. The van der Waals surface area contributed by atoms with Crippen molar-refractivity contribution in [1.29, 1.82) is 0 Å². The molecule has 0 aliphatic heterocycles. The predicted molar refractivity (Wildman–Crippen MR) is 89.5 cm³/mol. The normalized spacial score (nSPS) is 11.1. The summed E-state index contributed by atoms with van der Waals surface area (Å²) in [5.74, 6) is -0.0188. The van der Waals surface area contributed by atoms with Crippen LogP contribution >= 0.6 is 0 Å². The number of carboxylic acid groups (broad SMARTS) is 1. The third-order valence-electron chi connectivity index (χ3n) is 3.49. The molecule has 0 amide bonds. The summed E-state index contributed by atoms with van der Waals surface area (Å²) in [7, 11) is 0. The zero-order chi connectivity index (χ0) is 16.4. The van der Waals surface area contributed by atoms with Gasteiger partial charge in [-0.1, -0.05) is 30.9 Å². The third-order valence-corrected chi connectivity index (χ3v) is 3.49. The van der Waals surface area contributed by atoms with Crippen LogP contribution in [-0.4, -0.2) is 16.2 Å². The Morgan fingerprint density at radius 1 is 1.09 bits per heavy atom. The van der Waals surface area contributed by atoms with Crippen LogP contribution in [0.1, 0.15) is 16.1 Å². The number of fused-ring (bicyclic) bond motifs is 1. The lowest BCUT2D eigenvalue weighted by Crippen LogP contribution is -1.96. The van der Waals surface area contributed by atoms with Crippen LogP contribution in [0.25, 0.3) is 28.2 Å². The number of carboxylic acids is 1. The first-order valence-corrected chi connectivity index (χ1v) is 6.98. The second-order valence-electron chi connectivity index (χ2n) is 5.03. The summed E-state index contributed by atoms with van der Waals surface area (Å²) in [5, 5.41) is 20.3. The molecular formula is C19H14O4. The molecule has 0 aliphatic carbocycles. The standard InChI is InChI=1S/C19H14O4/c1-2-3-4-15-7-8-18(23-15)13-6-5-12-11-17(20)16(19(21)22)10-14(12)9-13/h2-11,20H,1H2,(H,21,22)/b4-3-. The zero-order valence-corrected chi connectivity index (χ0v) is 12.2. The Hall–Kier alpha value is -3.27. The van der Waals surface area contributed by atoms with Crippen molar-refractivity contribution >= 4 is 22.8 Å². The quantitative estimate of drug-likeness (QED) is 0.685. The summed E-state index contributed by atoms with van der Waals surface area (Å²) in [4.78, 5) is 11.1. The molecule has 0 bridgehead atoms. The Kier molecular flexibility index (Phi) is 3.73. The molecule has 2 N–H and O–H groups in total. The van der Waals surface area contributed by atoms with Gasteiger partial charge in [0.05, 0.1) is 0 Å². The van der Waals surface area contributed by atoms with Crippen molar-refractivity contribution in [3.63, 3.8) is 0 Å². The van der Waals surface area contributed by atoms with Gasteiger partial charge in [-0.2, -0.15) is 0 Å². The van der Waals surface area contributed by atoms with Gasteiger partial charge in [-0.25, -0.2) is 4.79 Å². The van der Waals surface area contributed by atoms with Crippen LogP contribution in [0.3, 0.4) is 0 Å². The molecule has 0 saturated heterocycles. The highest BCUT2D eigenvalue weighted by Gasteiger charge is 2.12. The lowest BCUT2D eigenvalue weighted by Gasteiger charge is -2.05. The van der Waals surface area contributed by atoms with Crippen molar-refractivity contribution in [2.75, 3.05) is 0 Å². The average Bonchev–Trinajstić information content (AvgIpc) is 3.00. The fourth-order valence-corrected chi connectivity index (χ4v) is 2.37. The van der Waals surface area contributed by atoms with E-state index in [0.29, 0.717) is 11.5 Å². The smallest absolute Gasteiger partial charge is 0.339 e. The number of hydrogen-bond acceptors (Lipinski definition) is 3. The third kappa shape index (κ3) is 2.87. The molecule has 1 heterocycles. The SMILES string of the molecule is C=C/C=C\c1ccc(-c2ccc3cc(O)c(C(=O)O)cc3c2)o1. The van der Waals surface area contributed by atoms with E-state index in [-0.39, 0.29) is 11.3 Å². The number of allylic oxidation sites excluding steroid dienone is 2. The number of aromatic hydroxyl groups is 1. The molecule has 114 valence electrons. The molecule has 0 radical (unpaired) electrons. The molecule has 3 rings (SSSR count). The molecule has 1 aromatic heterocycles. The Labute approximate surface area is 132 Å². The minimum absolute atomic E-state index is 0.122. The highest BCUT2D eigenvalue weighted by molar-refractivity contribution is 5.98. The van der Waals surface area contributed by atoms with E-state index in [1.165, 1.54) is 12.1 Å². The Bertz CT molecular complexity index is 932. The van der Waals surface area contributed by atoms with Crippen LogP contribution in [0.2, 0.25) is 0 Å². The average molecular weight is 306 g/mol. The van der Waals surface area contributed by atoms with E-state index in [9.17, 15) is 9.90 Å². The first kappa shape index (κ1) is 14.7. The summed E-state index contributed by atoms with van der Waals surface area (Å²) in [6, 6.07) is 12.1. The van der Waals surface area contributed by atoms with Crippen molar-refractivity contribution < 1.29 is 19.4 Å². The largest absolute Gasteiger partial charge is 0.507 e. The fourth-order valence-electron chi connectivity index (χ4n) is 2.37. The number of furan rings is 1. The number of benzene rings is 2. The Morgan fingerprint density at radius 3 is 2.65 bits per heavy atom. The van der Waals surface area contributed by atoms with E-state index in [1.807, 2.05) is 30.3 Å². The van der Waals surface area contributed by atoms with Gasteiger partial charge in [0.15, 0.2) is 0 Å². The molecule has 0 fully saturated rings. The van der Waals surface area contributed by atoms with Gasteiger partial charge in [-0.3, -0.25) is 0 Å². The number of carbonyl (C=O) groups is 1. The lowest BCUT2D eigenvalue weighted by molar-refractivity contribution is 0.0694. The van der Waals surface area contributed by atoms with Gasteiger partial charge in [-0.15, -0.1) is 0 Å². The minimum Gasteiger partial charge on any atom is -0.507 e. The van der Waals surface area contributed by atoms with Crippen LogP contribution in [0.5, 0.6) is 5.75 Å². The number of aromatic carboxylic acids is 1. The predicted octanol–water partition coefficient (Wildman–Crippen LogP) is 4.70. The van der Waals surface area contributed by atoms with E-state index in [4.69, 9.17) is 9.52 Å². The van der Waals surface area contributed by atoms with Gasteiger partial charge in [0, 0.05) is 5.56 Å². The van der Waals surface area contributed by atoms with Crippen molar-refractivity contribution in [2.45, 2.75) is 0 Å². The molecule has 3 aromatic rings. The molecule has 0 aliphatic rings. The Balaban J connectivity index is 2.07. The van der Waals surface area contributed by atoms with Crippen molar-refractivity contribution in [1.82, 2.24) is 0 Å². The van der Waals surface area contributed by atoms with E-state index in [1.54, 1.807) is 18.2 Å². The summed E-state index contributed by atoms with van der Waals surface area (Å²) in [6.45, 7) is 3.61. The molecule has 4 heteroatoms. The minimum atomic E-state index is -1.16. The molecule has 2 aromatic carbocycles. The van der Waals surface area contributed by atoms with E-state index >= 15 is 0 Å². The number of hydrogen-bond donors (Lipinski definition) is 2. The van der Waals surface area contributed by atoms with Crippen LogP contribution < -0.4 is 0 Å². The number of phenols is 1. The summed E-state index contributed by atoms with van der Waals surface area (Å²) in [5.41, 5.74) is 0.710. The Morgan fingerprint density at radius 2 is 1.91 bits per heavy atom. The second-order valence-corrected chi connectivity index (χ2v) is 5.03. The van der Waals surface area contributed by atoms with E-state index in [0.717, 1.165) is 16.3 Å². The first-order valence-electron chi connectivity index (χ1n) is 6.98. The lowest BCUT2D eigenvalue weighted by atomic mass is 10.0. The van der Waals surface area contributed by atoms with Gasteiger partial charge < -0.3 is 14.6 Å². The van der Waals surface area contributed by atoms with Crippen LogP contribution in [0.15, 0.2) is 65.6 Å². The highest BCUT2D eigenvalue weighted by Crippen LogP contribution is 2.30. The van der Waals surface area contributed by atoms with Crippen LogP contribution in [-0.2, 0) is 0 Å². The topological polar surface area (TPSA) is 70.7 Å². The van der Waals surface area contributed by atoms with Gasteiger partial charge in [0.25, 0.3) is 0 Å². The first-order chi connectivity index (χ1) is 11.1. The van der Waals surface area contributed by atoms with Crippen molar-refractivity contribution in [2.24, 2.45) is 0 Å². The fraction of sp³-hybridized carbons (Fsp3) is 0. The molecule has 23 heavy (non-hydrogen) atoms. The maximum atomic E-state index is 11.1. The summed E-state index contributed by atoms with van der Waals surface area (Å²) >= 11 is 0. The maximum absolute atomic E-state index is 11.1. The van der Waals surface area contributed by atoms with Gasteiger partial charge in [0.2, 0.25) is 0 Å². The van der Waals surface area contributed by atoms with E-state index < -0.39 is 5.97 Å². The molecule has 0 saturated carbocycles.